The number of hydrogen-bond acceptors (Lipinski definition) is 12. The Balaban J connectivity index is -0.0000000536. The van der Waals surface area contributed by atoms with Crippen molar-refractivity contribution in [3.05, 3.63) is 0 Å². The maximum absolute atomic E-state index is 10.1. The van der Waals surface area contributed by atoms with Crippen molar-refractivity contribution >= 4 is 31.2 Å². The molecule has 0 aromatic heterocycles. The van der Waals surface area contributed by atoms with E-state index in [4.69, 9.17) is 38.9 Å². The molecule has 120 valence electrons. The minimum Gasteiger partial charge on any atom is -0.724 e. The van der Waals surface area contributed by atoms with Gasteiger partial charge in [-0.3, -0.25) is 0 Å². The molecule has 0 radical (unpaired) electrons. The van der Waals surface area contributed by atoms with E-state index in [1.807, 2.05) is 13.2 Å². The summed E-state index contributed by atoms with van der Waals surface area (Å²) in [6.45, 7) is 0. The van der Waals surface area contributed by atoms with Crippen molar-refractivity contribution in [3.63, 3.8) is 0 Å². The average molecular weight is 408 g/mol. The predicted octanol–water partition coefficient (Wildman–Crippen LogP) is -4.96. The first-order valence-corrected chi connectivity index (χ1v) is 6.46. The molecule has 0 aliphatic carbocycles. The molecule has 0 rings (SSSR count). The van der Waals surface area contributed by atoms with Gasteiger partial charge in [-0.05, 0) is 13.6 Å². The van der Waals surface area contributed by atoms with Crippen molar-refractivity contribution in [3.8, 4) is 0 Å². The van der Waals surface area contributed by atoms with Crippen LogP contribution in [0.4, 0.5) is 13.6 Å². The minimum atomic E-state index is -5.08. The first kappa shape index (κ1) is 32.5. The van der Waals surface area contributed by atoms with E-state index in [-0.39, 0.29) is 35.9 Å². The van der Waals surface area contributed by atoms with Gasteiger partial charge < -0.3 is 13.7 Å². The SMILES string of the molecule is O=S(=O)([O-])OF.O=S(=O)([O-])OF.O=S(=O)([O-])OF.[Fe+2].[Li+]. The minimum absolute atomic E-state index is 0. The third kappa shape index (κ3) is 62.7. The summed E-state index contributed by atoms with van der Waals surface area (Å²) in [5.74, 6) is 0. The zero-order chi connectivity index (χ0) is 15.6. The molecule has 0 saturated heterocycles. The molecule has 0 saturated carbocycles. The molecule has 20 heteroatoms. The van der Waals surface area contributed by atoms with Gasteiger partial charge in [-0.1, -0.05) is 13.2 Å². The Morgan fingerprint density at radius 2 is 0.650 bits per heavy atom. The van der Waals surface area contributed by atoms with Gasteiger partial charge >= 0.3 is 35.9 Å². The van der Waals surface area contributed by atoms with Crippen LogP contribution in [-0.2, 0) is 61.4 Å². The normalized spacial score (nSPS) is 10.5. The van der Waals surface area contributed by atoms with E-state index in [1.165, 1.54) is 0 Å². The summed E-state index contributed by atoms with van der Waals surface area (Å²) in [6.07, 6.45) is 0. The van der Waals surface area contributed by atoms with Crippen molar-refractivity contribution in [2.24, 2.45) is 0 Å². The Morgan fingerprint density at radius 1 is 0.600 bits per heavy atom. The topological polar surface area (TPSA) is 199 Å². The van der Waals surface area contributed by atoms with E-state index in [0.717, 1.165) is 0 Å². The molecule has 0 aromatic carbocycles. The summed E-state index contributed by atoms with van der Waals surface area (Å²) >= 11 is 0. The van der Waals surface area contributed by atoms with E-state index in [0.29, 0.717) is 0 Å². The summed E-state index contributed by atoms with van der Waals surface area (Å²) in [7, 11) is -15.2. The predicted molar refractivity (Wildman–Crippen MR) is 35.7 cm³/mol. The van der Waals surface area contributed by atoms with E-state index >= 15 is 0 Å². The van der Waals surface area contributed by atoms with E-state index in [1.54, 1.807) is 0 Å². The van der Waals surface area contributed by atoms with Gasteiger partial charge in [-0.15, -0.1) is 0 Å². The summed E-state index contributed by atoms with van der Waals surface area (Å²) in [6, 6.07) is 0. The molecule has 20 heavy (non-hydrogen) atoms. The van der Waals surface area contributed by atoms with Crippen LogP contribution in [0.3, 0.4) is 0 Å². The van der Waals surface area contributed by atoms with Crippen LogP contribution in [0.1, 0.15) is 0 Å². The maximum Gasteiger partial charge on any atom is 2.00 e. The monoisotopic (exact) mass is 408 g/mol. The molecule has 0 aromatic rings. The molecule has 0 spiro atoms. The summed E-state index contributed by atoms with van der Waals surface area (Å²) in [5.41, 5.74) is 0. The van der Waals surface area contributed by atoms with Crippen molar-refractivity contribution in [2.75, 3.05) is 0 Å². The number of rotatable bonds is 3. The molecule has 0 heterocycles. The Kier molecular flexibility index (Phi) is 23.5. The van der Waals surface area contributed by atoms with Crippen LogP contribution in [0, 0.1) is 0 Å². The van der Waals surface area contributed by atoms with Crippen molar-refractivity contribution in [1.82, 2.24) is 0 Å². The second-order valence-electron chi connectivity index (χ2n) is 1.41. The summed E-state index contributed by atoms with van der Waals surface area (Å²) in [4.78, 5) is 0. The maximum atomic E-state index is 10.1. The second kappa shape index (κ2) is 14.5. The van der Waals surface area contributed by atoms with Gasteiger partial charge in [0, 0.05) is 0 Å². The standard InChI is InChI=1S/3FHO4S.Fe.Li/c3*1-5-6(2,3)4;;/h3*(H,2,3,4);;/q;;;+2;+1/p-3. The van der Waals surface area contributed by atoms with E-state index in [9.17, 15) is 13.6 Å². The third-order valence-corrected chi connectivity index (χ3v) is 0.694. The molecular formula is F3FeLiO12S3. The smallest absolute Gasteiger partial charge is 0.724 e. The van der Waals surface area contributed by atoms with Crippen LogP contribution in [0.25, 0.3) is 0 Å². The third-order valence-electron chi connectivity index (χ3n) is 0.231. The van der Waals surface area contributed by atoms with Crippen LogP contribution in [0.5, 0.6) is 0 Å². The fourth-order valence-electron chi connectivity index (χ4n) is 0. The first-order valence-electron chi connectivity index (χ1n) is 2.46. The average Bonchev–Trinajstić information content (AvgIpc) is 2.16. The van der Waals surface area contributed by atoms with Gasteiger partial charge in [-0.2, -0.15) is 0 Å². The Hall–Kier alpha value is 0.517. The van der Waals surface area contributed by atoms with Gasteiger partial charge in [0.05, 0.1) is 0 Å². The Morgan fingerprint density at radius 3 is 0.650 bits per heavy atom. The van der Waals surface area contributed by atoms with Crippen LogP contribution in [0.15, 0.2) is 0 Å². The van der Waals surface area contributed by atoms with Crippen molar-refractivity contribution in [1.29, 1.82) is 0 Å². The number of halogens is 3. The van der Waals surface area contributed by atoms with Crippen LogP contribution < -0.4 is 18.9 Å². The fourth-order valence-corrected chi connectivity index (χ4v) is 0. The quantitative estimate of drug-likeness (QED) is 0.245. The zero-order valence-electron chi connectivity index (χ0n) is 8.61. The van der Waals surface area contributed by atoms with Gasteiger partial charge in [-0.25, -0.2) is 25.3 Å². The van der Waals surface area contributed by atoms with Crippen LogP contribution >= 0.6 is 0 Å². The molecule has 0 atom stereocenters. The summed E-state index contributed by atoms with van der Waals surface area (Å²) < 4.78 is 115. The van der Waals surface area contributed by atoms with Crippen LogP contribution in [0.2, 0.25) is 0 Å². The van der Waals surface area contributed by atoms with Gasteiger partial charge in [0.15, 0.2) is 0 Å². The summed E-state index contributed by atoms with van der Waals surface area (Å²) in [5, 5.41) is 0. The zero-order valence-corrected chi connectivity index (χ0v) is 12.2. The molecule has 12 nitrogen and oxygen atoms in total. The molecular weight excluding hydrogens is 408 g/mol. The first-order chi connectivity index (χ1) is 7.68. The van der Waals surface area contributed by atoms with Gasteiger partial charge in [0.1, 0.15) is 0 Å². The molecule has 0 aliphatic rings. The molecule has 0 N–H and O–H groups in total. The Bertz CT molecular complexity index is 416. The molecule has 0 aliphatic heterocycles. The van der Waals surface area contributed by atoms with Crippen LogP contribution in [-0.4, -0.2) is 38.9 Å². The molecule has 0 unspecified atom stereocenters. The Labute approximate surface area is 132 Å². The molecule has 0 amide bonds. The van der Waals surface area contributed by atoms with E-state index < -0.39 is 31.2 Å². The van der Waals surface area contributed by atoms with Gasteiger partial charge in [0.25, 0.3) is 0 Å². The van der Waals surface area contributed by atoms with Gasteiger partial charge in [0.2, 0.25) is 31.2 Å². The van der Waals surface area contributed by atoms with E-state index in [2.05, 4.69) is 0 Å². The fraction of sp³-hybridized carbons (Fsp3) is 0. The largest absolute Gasteiger partial charge is 2.00 e. The molecule has 0 bridgehead atoms. The molecule has 0 fully saturated rings. The van der Waals surface area contributed by atoms with Crippen molar-refractivity contribution in [2.45, 2.75) is 0 Å². The van der Waals surface area contributed by atoms with Crippen molar-refractivity contribution < 1.29 is 102 Å². The second-order valence-corrected chi connectivity index (χ2v) is 4.24. The number of hydrogen-bond donors (Lipinski definition) is 0.